The van der Waals surface area contributed by atoms with Crippen molar-refractivity contribution in [2.24, 2.45) is 0 Å². The number of carbonyl (C=O) groups is 1. The SMILES string of the molecule is Cc1cc(N2CCCC2)ccc1NC(=O)CSc1nnc(CN2CCCCC2)n1-c1ccccc1. The number of amides is 1. The molecule has 1 amide bonds. The van der Waals surface area contributed by atoms with Gasteiger partial charge in [-0.25, -0.2) is 0 Å². The van der Waals surface area contributed by atoms with E-state index < -0.39 is 0 Å². The summed E-state index contributed by atoms with van der Waals surface area (Å²) in [6.07, 6.45) is 6.28. The zero-order valence-electron chi connectivity index (χ0n) is 20.4. The number of nitrogens with one attached hydrogen (secondary N) is 1. The Morgan fingerprint density at radius 2 is 1.66 bits per heavy atom. The van der Waals surface area contributed by atoms with Gasteiger partial charge in [0.05, 0.1) is 12.3 Å². The second kappa shape index (κ2) is 11.3. The highest BCUT2D eigenvalue weighted by atomic mass is 32.2. The summed E-state index contributed by atoms with van der Waals surface area (Å²) >= 11 is 1.43. The van der Waals surface area contributed by atoms with Crippen LogP contribution in [0.5, 0.6) is 0 Å². The van der Waals surface area contributed by atoms with Crippen LogP contribution in [0.25, 0.3) is 5.69 Å². The summed E-state index contributed by atoms with van der Waals surface area (Å²) in [5.74, 6) is 1.17. The Kier molecular flexibility index (Phi) is 7.69. The molecule has 1 aromatic heterocycles. The second-order valence-corrected chi connectivity index (χ2v) is 10.4. The minimum absolute atomic E-state index is 0.0350. The molecule has 0 saturated carbocycles. The topological polar surface area (TPSA) is 66.3 Å². The van der Waals surface area contributed by atoms with Crippen molar-refractivity contribution in [3.8, 4) is 5.69 Å². The third-order valence-corrected chi connectivity index (χ3v) is 7.75. The van der Waals surface area contributed by atoms with E-state index >= 15 is 0 Å². The van der Waals surface area contributed by atoms with Crippen molar-refractivity contribution >= 4 is 29.0 Å². The predicted molar refractivity (Wildman–Crippen MR) is 142 cm³/mol. The lowest BCUT2D eigenvalue weighted by Gasteiger charge is -2.26. The maximum atomic E-state index is 12.8. The third kappa shape index (κ3) is 5.87. The molecule has 0 bridgehead atoms. The van der Waals surface area contributed by atoms with Crippen molar-refractivity contribution in [2.75, 3.05) is 42.1 Å². The molecule has 1 N–H and O–H groups in total. The second-order valence-electron chi connectivity index (χ2n) is 9.44. The number of carbonyl (C=O) groups excluding carboxylic acids is 1. The van der Waals surface area contributed by atoms with E-state index in [0.29, 0.717) is 0 Å². The molecule has 2 aliphatic heterocycles. The molecule has 7 nitrogen and oxygen atoms in total. The molecule has 3 aromatic rings. The first-order chi connectivity index (χ1) is 17.2. The first-order valence-electron chi connectivity index (χ1n) is 12.7. The van der Waals surface area contributed by atoms with E-state index in [1.165, 1.54) is 49.6 Å². The van der Waals surface area contributed by atoms with Crippen LogP contribution in [-0.4, -0.2) is 57.5 Å². The lowest BCUT2D eigenvalue weighted by molar-refractivity contribution is -0.113. The van der Waals surface area contributed by atoms with Gasteiger partial charge in [-0.2, -0.15) is 0 Å². The van der Waals surface area contributed by atoms with E-state index in [1.807, 2.05) is 24.3 Å². The molecule has 0 aliphatic carbocycles. The molecule has 184 valence electrons. The van der Waals surface area contributed by atoms with Gasteiger partial charge in [0.1, 0.15) is 0 Å². The van der Waals surface area contributed by atoms with E-state index in [4.69, 9.17) is 0 Å². The first-order valence-corrected chi connectivity index (χ1v) is 13.7. The van der Waals surface area contributed by atoms with Gasteiger partial charge < -0.3 is 10.2 Å². The Morgan fingerprint density at radius 3 is 2.40 bits per heavy atom. The van der Waals surface area contributed by atoms with E-state index in [2.05, 4.69) is 61.1 Å². The van der Waals surface area contributed by atoms with Crippen LogP contribution in [0.1, 0.15) is 43.5 Å². The summed E-state index contributed by atoms with van der Waals surface area (Å²) in [4.78, 5) is 17.7. The van der Waals surface area contributed by atoms with Gasteiger partial charge in [0.25, 0.3) is 0 Å². The highest BCUT2D eigenvalue weighted by Gasteiger charge is 2.20. The van der Waals surface area contributed by atoms with Crippen molar-refractivity contribution in [3.63, 3.8) is 0 Å². The Bertz CT molecular complexity index is 1140. The minimum atomic E-state index is -0.0350. The minimum Gasteiger partial charge on any atom is -0.372 e. The van der Waals surface area contributed by atoms with Gasteiger partial charge in [-0.3, -0.25) is 14.3 Å². The molecule has 0 spiro atoms. The fourth-order valence-corrected chi connectivity index (χ4v) is 5.70. The Labute approximate surface area is 211 Å². The highest BCUT2D eigenvalue weighted by Crippen LogP contribution is 2.27. The highest BCUT2D eigenvalue weighted by molar-refractivity contribution is 7.99. The van der Waals surface area contributed by atoms with Crippen molar-refractivity contribution < 1.29 is 4.79 Å². The Morgan fingerprint density at radius 1 is 0.914 bits per heavy atom. The van der Waals surface area contributed by atoms with Gasteiger partial charge in [-0.05, 0) is 81.6 Å². The predicted octanol–water partition coefficient (Wildman–Crippen LogP) is 4.89. The van der Waals surface area contributed by atoms with Gasteiger partial charge in [0, 0.05) is 30.2 Å². The number of hydrogen-bond donors (Lipinski definition) is 1. The average molecular weight is 491 g/mol. The van der Waals surface area contributed by atoms with Gasteiger partial charge >= 0.3 is 0 Å². The lowest BCUT2D eigenvalue weighted by atomic mass is 10.1. The third-order valence-electron chi connectivity index (χ3n) is 6.82. The van der Waals surface area contributed by atoms with Crippen LogP contribution in [0.3, 0.4) is 0 Å². The summed E-state index contributed by atoms with van der Waals surface area (Å²) in [7, 11) is 0. The molecule has 8 heteroatoms. The van der Waals surface area contributed by atoms with E-state index in [-0.39, 0.29) is 11.7 Å². The maximum Gasteiger partial charge on any atom is 0.234 e. The van der Waals surface area contributed by atoms with Crippen LogP contribution < -0.4 is 10.2 Å². The fraction of sp³-hybridized carbons (Fsp3) is 0.444. The standard InChI is InChI=1S/C27H34N6OS/c1-21-18-23(32-16-8-9-17-32)12-13-24(21)28-26(34)20-35-27-30-29-25(19-31-14-6-3-7-15-31)33(27)22-10-4-2-5-11-22/h2,4-5,10-13,18H,3,6-9,14-17,19-20H2,1H3,(H,28,34). The van der Waals surface area contributed by atoms with Crippen LogP contribution in [0.2, 0.25) is 0 Å². The molecule has 2 saturated heterocycles. The maximum absolute atomic E-state index is 12.8. The fourth-order valence-electron chi connectivity index (χ4n) is 4.93. The van der Waals surface area contributed by atoms with E-state index in [9.17, 15) is 4.79 Å². The normalized spacial score (nSPS) is 16.5. The Balaban J connectivity index is 1.26. The van der Waals surface area contributed by atoms with Crippen LogP contribution in [-0.2, 0) is 11.3 Å². The van der Waals surface area contributed by atoms with Crippen molar-refractivity contribution in [3.05, 3.63) is 59.9 Å². The zero-order valence-corrected chi connectivity index (χ0v) is 21.3. The van der Waals surface area contributed by atoms with E-state index in [0.717, 1.165) is 60.6 Å². The number of aryl methyl sites for hydroxylation is 1. The summed E-state index contributed by atoms with van der Waals surface area (Å²) in [6.45, 7) is 7.26. The molecule has 2 fully saturated rings. The molecular formula is C27H34N6OS. The van der Waals surface area contributed by atoms with Gasteiger partial charge in [0.15, 0.2) is 11.0 Å². The number of rotatable bonds is 8. The molecule has 5 rings (SSSR count). The van der Waals surface area contributed by atoms with Crippen LogP contribution in [0, 0.1) is 6.92 Å². The zero-order chi connectivity index (χ0) is 24.0. The number of para-hydroxylation sites is 1. The monoisotopic (exact) mass is 490 g/mol. The summed E-state index contributed by atoms with van der Waals surface area (Å²) in [5, 5.41) is 12.8. The number of benzene rings is 2. The molecule has 2 aromatic carbocycles. The first kappa shape index (κ1) is 23.9. The average Bonchev–Trinajstić information content (AvgIpc) is 3.56. The molecule has 2 aliphatic rings. The molecule has 0 radical (unpaired) electrons. The molecule has 3 heterocycles. The summed E-state index contributed by atoms with van der Waals surface area (Å²) in [5.41, 5.74) is 4.23. The molecule has 35 heavy (non-hydrogen) atoms. The van der Waals surface area contributed by atoms with Gasteiger partial charge in [0.2, 0.25) is 5.91 Å². The van der Waals surface area contributed by atoms with Crippen LogP contribution >= 0.6 is 11.8 Å². The van der Waals surface area contributed by atoms with Gasteiger partial charge in [-0.1, -0.05) is 36.4 Å². The number of anilines is 2. The lowest BCUT2D eigenvalue weighted by Crippen LogP contribution is -2.30. The van der Waals surface area contributed by atoms with Crippen molar-refractivity contribution in [1.82, 2.24) is 19.7 Å². The number of piperidine rings is 1. The number of likely N-dealkylation sites (tertiary alicyclic amines) is 1. The quantitative estimate of drug-likeness (QED) is 0.454. The van der Waals surface area contributed by atoms with Gasteiger partial charge in [-0.15, -0.1) is 10.2 Å². The van der Waals surface area contributed by atoms with E-state index in [1.54, 1.807) is 0 Å². The van der Waals surface area contributed by atoms with Crippen molar-refractivity contribution in [1.29, 1.82) is 0 Å². The smallest absolute Gasteiger partial charge is 0.234 e. The number of thioether (sulfide) groups is 1. The number of nitrogens with zero attached hydrogens (tertiary/aromatic N) is 5. The molecular weight excluding hydrogens is 456 g/mol. The molecule has 0 unspecified atom stereocenters. The summed E-state index contributed by atoms with van der Waals surface area (Å²) < 4.78 is 2.10. The number of aromatic nitrogens is 3. The molecule has 0 atom stereocenters. The Hall–Kier alpha value is -2.84. The van der Waals surface area contributed by atoms with Crippen LogP contribution in [0.15, 0.2) is 53.7 Å². The number of hydrogen-bond acceptors (Lipinski definition) is 6. The summed E-state index contributed by atoms with van der Waals surface area (Å²) in [6, 6.07) is 16.5. The van der Waals surface area contributed by atoms with Crippen molar-refractivity contribution in [2.45, 2.75) is 50.7 Å². The van der Waals surface area contributed by atoms with Crippen LogP contribution in [0.4, 0.5) is 11.4 Å². The largest absolute Gasteiger partial charge is 0.372 e.